The predicted octanol–water partition coefficient (Wildman–Crippen LogP) is 4.27. The van der Waals surface area contributed by atoms with E-state index in [-0.39, 0.29) is 29.0 Å². The Morgan fingerprint density at radius 1 is 1.23 bits per heavy atom. The lowest BCUT2D eigenvalue weighted by Gasteiger charge is -2.24. The van der Waals surface area contributed by atoms with Gasteiger partial charge in [-0.15, -0.1) is 6.58 Å². The zero-order chi connectivity index (χ0) is 22.1. The normalized spacial score (nSPS) is 11.3. The van der Waals surface area contributed by atoms with Crippen molar-refractivity contribution in [1.82, 2.24) is 5.32 Å². The fourth-order valence-corrected chi connectivity index (χ4v) is 4.51. The van der Waals surface area contributed by atoms with E-state index in [0.717, 1.165) is 0 Å². The molecule has 0 spiro atoms. The highest BCUT2D eigenvalue weighted by molar-refractivity contribution is 7.92. The summed E-state index contributed by atoms with van der Waals surface area (Å²) in [4.78, 5) is 12.4. The Labute approximate surface area is 183 Å². The molecule has 0 heterocycles. The summed E-state index contributed by atoms with van der Waals surface area (Å²) in [6, 6.07) is 12.6. The van der Waals surface area contributed by atoms with Crippen molar-refractivity contribution in [3.63, 3.8) is 0 Å². The van der Waals surface area contributed by atoms with E-state index in [1.807, 2.05) is 13.8 Å². The summed E-state index contributed by atoms with van der Waals surface area (Å²) in [6.45, 7) is 8.56. The van der Waals surface area contributed by atoms with Gasteiger partial charge in [0, 0.05) is 18.7 Å². The smallest absolute Gasteiger partial charge is 0.264 e. The molecule has 2 aromatic carbocycles. The third kappa shape index (κ3) is 6.32. The van der Waals surface area contributed by atoms with Gasteiger partial charge < -0.3 is 10.1 Å². The lowest BCUT2D eigenvalue weighted by molar-refractivity contribution is 0.0757. The fraction of sp³-hybridized carbons (Fsp3) is 0.318. The molecule has 30 heavy (non-hydrogen) atoms. The molecule has 0 aromatic heterocycles. The minimum atomic E-state index is -3.96. The lowest BCUT2D eigenvalue weighted by Crippen LogP contribution is -2.32. The second kappa shape index (κ2) is 11.2. The Bertz CT molecular complexity index is 977. The molecular formula is C22H27ClN2O4S. The molecule has 0 bridgehead atoms. The van der Waals surface area contributed by atoms with Crippen LogP contribution in [0.3, 0.4) is 0 Å². The van der Waals surface area contributed by atoms with Crippen molar-refractivity contribution in [2.75, 3.05) is 24.0 Å². The van der Waals surface area contributed by atoms with Crippen LogP contribution >= 0.6 is 11.6 Å². The van der Waals surface area contributed by atoms with E-state index in [1.54, 1.807) is 36.4 Å². The first-order valence-corrected chi connectivity index (χ1v) is 11.5. The van der Waals surface area contributed by atoms with E-state index < -0.39 is 10.0 Å². The zero-order valence-corrected chi connectivity index (χ0v) is 18.7. The summed E-state index contributed by atoms with van der Waals surface area (Å²) in [7, 11) is -3.96. The lowest BCUT2D eigenvalue weighted by atomic mass is 10.2. The van der Waals surface area contributed by atoms with Gasteiger partial charge in [0.25, 0.3) is 15.9 Å². The van der Waals surface area contributed by atoms with E-state index >= 15 is 0 Å². The first-order valence-electron chi connectivity index (χ1n) is 9.65. The first kappa shape index (κ1) is 23.9. The highest BCUT2D eigenvalue weighted by Crippen LogP contribution is 2.30. The van der Waals surface area contributed by atoms with Gasteiger partial charge in [-0.3, -0.25) is 9.10 Å². The number of para-hydroxylation sites is 1. The van der Waals surface area contributed by atoms with Crippen molar-refractivity contribution in [2.24, 2.45) is 0 Å². The minimum Gasteiger partial charge on any atom is -0.379 e. The molecule has 0 fully saturated rings. The van der Waals surface area contributed by atoms with E-state index in [4.69, 9.17) is 16.3 Å². The van der Waals surface area contributed by atoms with Gasteiger partial charge >= 0.3 is 0 Å². The molecule has 1 amide bonds. The van der Waals surface area contributed by atoms with Crippen LogP contribution < -0.4 is 9.62 Å². The number of nitrogens with zero attached hydrogens (tertiary/aromatic N) is 1. The minimum absolute atomic E-state index is 0.0000563. The van der Waals surface area contributed by atoms with Crippen LogP contribution in [0.25, 0.3) is 0 Å². The number of anilines is 1. The van der Waals surface area contributed by atoms with Crippen LogP contribution in [-0.4, -0.2) is 40.1 Å². The number of sulfonamides is 1. The van der Waals surface area contributed by atoms with Crippen LogP contribution in [0.2, 0.25) is 5.02 Å². The number of halogens is 1. The zero-order valence-electron chi connectivity index (χ0n) is 17.2. The van der Waals surface area contributed by atoms with Crippen LogP contribution in [0.5, 0.6) is 0 Å². The quantitative estimate of drug-likeness (QED) is 0.410. The first-order chi connectivity index (χ1) is 14.3. The second-order valence-corrected chi connectivity index (χ2v) is 9.10. The molecule has 0 atom stereocenters. The average molecular weight is 451 g/mol. The maximum absolute atomic E-state index is 13.3. The Morgan fingerprint density at radius 2 is 1.97 bits per heavy atom. The summed E-state index contributed by atoms with van der Waals surface area (Å²) >= 11 is 6.22. The molecule has 0 aliphatic carbocycles. The van der Waals surface area contributed by atoms with Crippen molar-refractivity contribution in [1.29, 1.82) is 0 Å². The summed E-state index contributed by atoms with van der Waals surface area (Å²) in [6.07, 6.45) is 2.29. The molecule has 1 N–H and O–H groups in total. The number of ether oxygens (including phenoxy) is 1. The summed E-state index contributed by atoms with van der Waals surface area (Å²) in [5.41, 5.74) is 0.609. The van der Waals surface area contributed by atoms with Crippen molar-refractivity contribution in [3.8, 4) is 0 Å². The molecule has 0 saturated heterocycles. The fourth-order valence-electron chi connectivity index (χ4n) is 2.72. The largest absolute Gasteiger partial charge is 0.379 e. The molecule has 162 valence electrons. The third-order valence-electron chi connectivity index (χ3n) is 4.16. The predicted molar refractivity (Wildman–Crippen MR) is 121 cm³/mol. The number of carbonyl (C=O) groups is 1. The van der Waals surface area contributed by atoms with Gasteiger partial charge in [0.05, 0.1) is 28.3 Å². The molecule has 8 heteroatoms. The van der Waals surface area contributed by atoms with E-state index in [0.29, 0.717) is 30.3 Å². The highest BCUT2D eigenvalue weighted by atomic mass is 35.5. The standard InChI is InChI=1S/C22H27ClN2O4S/c1-4-14-25(21-12-6-5-11-20(21)23)30(27,28)19-10-7-9-18(16-19)22(26)24-13-8-15-29-17(2)3/h4-7,9-12,16-17H,1,8,13-15H2,2-3H3,(H,24,26). The van der Waals surface area contributed by atoms with Gasteiger partial charge in [0.1, 0.15) is 0 Å². The summed E-state index contributed by atoms with van der Waals surface area (Å²) in [5, 5.41) is 3.09. The molecule has 0 radical (unpaired) electrons. The van der Waals surface area contributed by atoms with Crippen molar-refractivity contribution < 1.29 is 17.9 Å². The number of rotatable bonds is 11. The van der Waals surface area contributed by atoms with E-state index in [1.165, 1.54) is 22.5 Å². The molecule has 2 aromatic rings. The van der Waals surface area contributed by atoms with E-state index in [2.05, 4.69) is 11.9 Å². The molecular weight excluding hydrogens is 424 g/mol. The van der Waals surface area contributed by atoms with Gasteiger partial charge in [-0.05, 0) is 50.6 Å². The van der Waals surface area contributed by atoms with E-state index in [9.17, 15) is 13.2 Å². The Kier molecular flexibility index (Phi) is 8.89. The number of carbonyl (C=O) groups excluding carboxylic acids is 1. The number of hydrogen-bond acceptors (Lipinski definition) is 4. The van der Waals surface area contributed by atoms with Crippen molar-refractivity contribution in [3.05, 3.63) is 71.8 Å². The van der Waals surface area contributed by atoms with Crippen molar-refractivity contribution >= 4 is 33.2 Å². The maximum atomic E-state index is 13.3. The Balaban J connectivity index is 2.21. The maximum Gasteiger partial charge on any atom is 0.264 e. The summed E-state index contributed by atoms with van der Waals surface area (Å²) < 4.78 is 33.2. The molecule has 0 unspecified atom stereocenters. The Hall–Kier alpha value is -2.35. The van der Waals surface area contributed by atoms with Gasteiger partial charge in [0.2, 0.25) is 0 Å². The molecule has 2 rings (SSSR count). The topological polar surface area (TPSA) is 75.7 Å². The highest BCUT2D eigenvalue weighted by Gasteiger charge is 2.26. The average Bonchev–Trinajstić information content (AvgIpc) is 2.72. The van der Waals surface area contributed by atoms with Crippen molar-refractivity contribution in [2.45, 2.75) is 31.3 Å². The third-order valence-corrected chi connectivity index (χ3v) is 6.25. The number of nitrogens with one attached hydrogen (secondary N) is 1. The SMILES string of the molecule is C=CCN(c1ccccc1Cl)S(=O)(=O)c1cccc(C(=O)NCCCOC(C)C)c1. The molecule has 6 nitrogen and oxygen atoms in total. The number of amides is 1. The van der Waals surface area contributed by atoms with Crippen LogP contribution in [-0.2, 0) is 14.8 Å². The van der Waals surface area contributed by atoms with Crippen LogP contribution in [0.4, 0.5) is 5.69 Å². The van der Waals surface area contributed by atoms with Gasteiger partial charge in [-0.2, -0.15) is 0 Å². The van der Waals surface area contributed by atoms with Crippen LogP contribution in [0, 0.1) is 0 Å². The Morgan fingerprint density at radius 3 is 2.63 bits per heavy atom. The monoisotopic (exact) mass is 450 g/mol. The van der Waals surface area contributed by atoms with Gasteiger partial charge in [-0.1, -0.05) is 35.9 Å². The van der Waals surface area contributed by atoms with Gasteiger partial charge in [-0.25, -0.2) is 8.42 Å². The molecule has 0 aliphatic rings. The van der Waals surface area contributed by atoms with Crippen LogP contribution in [0.1, 0.15) is 30.6 Å². The number of hydrogen-bond donors (Lipinski definition) is 1. The second-order valence-electron chi connectivity index (χ2n) is 6.83. The van der Waals surface area contributed by atoms with Crippen LogP contribution in [0.15, 0.2) is 66.1 Å². The van der Waals surface area contributed by atoms with Gasteiger partial charge in [0.15, 0.2) is 0 Å². The number of benzene rings is 2. The molecule has 0 saturated carbocycles. The molecule has 0 aliphatic heterocycles. The summed E-state index contributed by atoms with van der Waals surface area (Å²) in [5.74, 6) is -0.343.